The van der Waals surface area contributed by atoms with Crippen molar-refractivity contribution < 1.29 is 9.13 Å². The quantitative estimate of drug-likeness (QED) is 0.261. The molecule has 0 fully saturated rings. The molecule has 0 atom stereocenters. The molecule has 0 aliphatic carbocycles. The molecule has 0 amide bonds. The van der Waals surface area contributed by atoms with Crippen molar-refractivity contribution in [3.8, 4) is 5.75 Å². The summed E-state index contributed by atoms with van der Waals surface area (Å²) in [6, 6.07) is 12.7. The number of halogens is 2. The lowest BCUT2D eigenvalue weighted by Gasteiger charge is -2.11. The van der Waals surface area contributed by atoms with Crippen LogP contribution in [0, 0.1) is 5.82 Å². The molecule has 2 aromatic carbocycles. The first-order valence-electron chi connectivity index (χ1n) is 9.10. The first-order valence-corrected chi connectivity index (χ1v) is 9.10. The maximum atomic E-state index is 13.5. The van der Waals surface area contributed by atoms with Gasteiger partial charge in [-0.05, 0) is 54.8 Å². The monoisotopic (exact) mass is 496 g/mol. The lowest BCUT2D eigenvalue weighted by molar-refractivity contribution is 0.414. The van der Waals surface area contributed by atoms with E-state index in [2.05, 4.69) is 20.6 Å². The third kappa shape index (κ3) is 5.85. The second kappa shape index (κ2) is 10.9. The third-order valence-electron chi connectivity index (χ3n) is 4.31. The first-order chi connectivity index (χ1) is 13.2. The number of nitrogens with one attached hydrogen (secondary N) is 3. The van der Waals surface area contributed by atoms with Crippen molar-refractivity contribution >= 4 is 40.8 Å². The number of fused-ring (bicyclic) bond motifs is 1. The highest BCUT2D eigenvalue weighted by atomic mass is 127. The molecule has 0 aliphatic rings. The maximum absolute atomic E-state index is 13.5. The molecule has 0 saturated heterocycles. The van der Waals surface area contributed by atoms with Gasteiger partial charge in [0.05, 0.1) is 13.7 Å². The molecule has 0 radical (unpaired) electrons. The van der Waals surface area contributed by atoms with Crippen LogP contribution in [0.4, 0.5) is 4.39 Å². The second-order valence-electron chi connectivity index (χ2n) is 6.23. The fourth-order valence-electron chi connectivity index (χ4n) is 2.96. The summed E-state index contributed by atoms with van der Waals surface area (Å²) >= 11 is 0. The topological polar surface area (TPSA) is 61.4 Å². The van der Waals surface area contributed by atoms with Gasteiger partial charge in [-0.1, -0.05) is 12.1 Å². The molecule has 1 aromatic heterocycles. The SMILES string of the molecule is CCNC(=NCc1cccc(OC)c1)NCCc1c[nH]c2ccc(F)cc12.I. The Kier molecular flexibility index (Phi) is 8.56. The highest BCUT2D eigenvalue weighted by Crippen LogP contribution is 2.19. The number of hydrogen-bond acceptors (Lipinski definition) is 2. The predicted molar refractivity (Wildman–Crippen MR) is 123 cm³/mol. The van der Waals surface area contributed by atoms with Gasteiger partial charge in [0.15, 0.2) is 5.96 Å². The summed E-state index contributed by atoms with van der Waals surface area (Å²) in [6.07, 6.45) is 2.71. The highest BCUT2D eigenvalue weighted by molar-refractivity contribution is 14.0. The van der Waals surface area contributed by atoms with Crippen molar-refractivity contribution in [1.82, 2.24) is 15.6 Å². The molecule has 3 rings (SSSR count). The second-order valence-corrected chi connectivity index (χ2v) is 6.23. The molecule has 1 heterocycles. The maximum Gasteiger partial charge on any atom is 0.191 e. The van der Waals surface area contributed by atoms with Crippen molar-refractivity contribution in [2.75, 3.05) is 20.2 Å². The molecule has 7 heteroatoms. The van der Waals surface area contributed by atoms with Crippen LogP contribution in [0.15, 0.2) is 53.7 Å². The summed E-state index contributed by atoms with van der Waals surface area (Å²) in [5, 5.41) is 7.51. The van der Waals surface area contributed by atoms with Gasteiger partial charge in [-0.15, -0.1) is 24.0 Å². The average molecular weight is 496 g/mol. The van der Waals surface area contributed by atoms with Gasteiger partial charge in [0.2, 0.25) is 0 Å². The van der Waals surface area contributed by atoms with Gasteiger partial charge in [0.25, 0.3) is 0 Å². The molecule has 3 aromatic rings. The Labute approximate surface area is 181 Å². The third-order valence-corrected chi connectivity index (χ3v) is 4.31. The smallest absolute Gasteiger partial charge is 0.191 e. The molecule has 0 bridgehead atoms. The van der Waals surface area contributed by atoms with E-state index >= 15 is 0 Å². The largest absolute Gasteiger partial charge is 0.497 e. The Hall–Kier alpha value is -2.29. The molecule has 150 valence electrons. The number of benzene rings is 2. The molecule has 3 N–H and O–H groups in total. The number of aromatic nitrogens is 1. The van der Waals surface area contributed by atoms with Gasteiger partial charge in [0, 0.05) is 30.2 Å². The van der Waals surface area contributed by atoms with Gasteiger partial charge in [-0.25, -0.2) is 9.38 Å². The van der Waals surface area contributed by atoms with Crippen LogP contribution in [0.25, 0.3) is 10.9 Å². The fourth-order valence-corrected chi connectivity index (χ4v) is 2.96. The van der Waals surface area contributed by atoms with Crippen LogP contribution < -0.4 is 15.4 Å². The van der Waals surface area contributed by atoms with Crippen molar-refractivity contribution in [3.05, 3.63) is 65.6 Å². The van der Waals surface area contributed by atoms with E-state index in [9.17, 15) is 4.39 Å². The van der Waals surface area contributed by atoms with Crippen LogP contribution in [0.2, 0.25) is 0 Å². The summed E-state index contributed by atoms with van der Waals surface area (Å²) in [5.41, 5.74) is 3.12. The zero-order valence-corrected chi connectivity index (χ0v) is 18.4. The fraction of sp³-hybridized carbons (Fsp3) is 0.286. The number of aliphatic imine (C=N–C) groups is 1. The van der Waals surface area contributed by atoms with Crippen LogP contribution in [-0.2, 0) is 13.0 Å². The lowest BCUT2D eigenvalue weighted by Crippen LogP contribution is -2.38. The molecule has 5 nitrogen and oxygen atoms in total. The number of aromatic amines is 1. The van der Waals surface area contributed by atoms with Crippen LogP contribution in [0.5, 0.6) is 5.75 Å². The lowest BCUT2D eigenvalue weighted by atomic mass is 10.1. The molecule has 0 spiro atoms. The van der Waals surface area contributed by atoms with Crippen molar-refractivity contribution in [2.45, 2.75) is 19.9 Å². The zero-order valence-electron chi connectivity index (χ0n) is 16.1. The number of nitrogens with zero attached hydrogens (tertiary/aromatic N) is 1. The van der Waals surface area contributed by atoms with Crippen molar-refractivity contribution in [1.29, 1.82) is 0 Å². The van der Waals surface area contributed by atoms with E-state index in [1.165, 1.54) is 6.07 Å². The van der Waals surface area contributed by atoms with Gasteiger partial charge in [-0.3, -0.25) is 0 Å². The Bertz CT molecular complexity index is 926. The van der Waals surface area contributed by atoms with Gasteiger partial charge in [-0.2, -0.15) is 0 Å². The summed E-state index contributed by atoms with van der Waals surface area (Å²) in [4.78, 5) is 7.81. The zero-order chi connectivity index (χ0) is 19.1. The van der Waals surface area contributed by atoms with Gasteiger partial charge < -0.3 is 20.4 Å². The van der Waals surface area contributed by atoms with E-state index in [1.807, 2.05) is 37.4 Å². The number of H-pyrrole nitrogens is 1. The van der Waals surface area contributed by atoms with E-state index in [4.69, 9.17) is 4.74 Å². The van der Waals surface area contributed by atoms with E-state index in [-0.39, 0.29) is 29.8 Å². The molecule has 0 aliphatic heterocycles. The van der Waals surface area contributed by atoms with E-state index < -0.39 is 0 Å². The van der Waals surface area contributed by atoms with Crippen molar-refractivity contribution in [2.24, 2.45) is 4.99 Å². The summed E-state index contributed by atoms with van der Waals surface area (Å²) in [6.45, 7) is 4.08. The summed E-state index contributed by atoms with van der Waals surface area (Å²) < 4.78 is 18.7. The standard InChI is InChI=1S/C21H25FN4O.HI/c1-3-23-21(26-13-15-5-4-6-18(11-15)27-2)24-10-9-16-14-25-20-8-7-17(22)12-19(16)20;/h4-8,11-12,14,25H,3,9-10,13H2,1-2H3,(H2,23,24,26);1H. The molecular formula is C21H26FIN4O. The number of guanidine groups is 1. The Morgan fingerprint density at radius 1 is 1.18 bits per heavy atom. The Morgan fingerprint density at radius 2 is 2.04 bits per heavy atom. The Morgan fingerprint density at radius 3 is 2.82 bits per heavy atom. The first kappa shape index (κ1) is 22.0. The van der Waals surface area contributed by atoms with Gasteiger partial charge >= 0.3 is 0 Å². The van der Waals surface area contributed by atoms with E-state index in [0.29, 0.717) is 13.1 Å². The number of ether oxygens (including phenoxy) is 1. The Balaban J connectivity index is 0.00000280. The molecule has 0 saturated carbocycles. The normalized spacial score (nSPS) is 11.2. The van der Waals surface area contributed by atoms with Crippen molar-refractivity contribution in [3.63, 3.8) is 0 Å². The van der Waals surface area contributed by atoms with E-state index in [0.717, 1.165) is 46.7 Å². The van der Waals surface area contributed by atoms with Crippen LogP contribution in [0.3, 0.4) is 0 Å². The summed E-state index contributed by atoms with van der Waals surface area (Å²) in [5.74, 6) is 1.36. The molecular weight excluding hydrogens is 470 g/mol. The number of hydrogen-bond donors (Lipinski definition) is 3. The minimum Gasteiger partial charge on any atom is -0.497 e. The predicted octanol–water partition coefficient (Wildman–Crippen LogP) is 4.23. The van der Waals surface area contributed by atoms with Crippen LogP contribution >= 0.6 is 24.0 Å². The minimum absolute atomic E-state index is 0. The number of rotatable bonds is 7. The van der Waals surface area contributed by atoms with E-state index in [1.54, 1.807) is 19.2 Å². The number of methoxy groups -OCH3 is 1. The highest BCUT2D eigenvalue weighted by Gasteiger charge is 2.05. The van der Waals surface area contributed by atoms with Crippen LogP contribution in [0.1, 0.15) is 18.1 Å². The average Bonchev–Trinajstić information content (AvgIpc) is 3.08. The molecule has 0 unspecified atom stereocenters. The van der Waals surface area contributed by atoms with Crippen LogP contribution in [-0.4, -0.2) is 31.1 Å². The minimum atomic E-state index is -0.218. The molecule has 28 heavy (non-hydrogen) atoms. The van der Waals surface area contributed by atoms with Gasteiger partial charge in [0.1, 0.15) is 11.6 Å². The summed E-state index contributed by atoms with van der Waals surface area (Å²) in [7, 11) is 1.66.